The molecule has 0 amide bonds. The minimum Gasteiger partial charge on any atom is -0.330 e. The maximum atomic E-state index is 11.2. The van der Waals surface area contributed by atoms with Gasteiger partial charge in [0.15, 0.2) is 8.03 Å². The van der Waals surface area contributed by atoms with E-state index in [0.29, 0.717) is 25.6 Å². The maximum Gasteiger partial charge on any atom is 0.191 e. The van der Waals surface area contributed by atoms with E-state index in [2.05, 4.69) is 6.92 Å². The molecule has 0 aliphatic heterocycles. The van der Waals surface area contributed by atoms with Gasteiger partial charge in [0, 0.05) is 6.16 Å². The standard InChI is InChI=1S/C9H19N2O2P/c1-2-3-6-13-14(12)7-4-5-9(11)8-10/h9,14H,2-7,11H2,1H3. The Kier molecular flexibility index (Phi) is 8.97. The molecule has 0 aliphatic rings. The average molecular weight is 218 g/mol. The Morgan fingerprint density at radius 3 is 2.86 bits per heavy atom. The van der Waals surface area contributed by atoms with E-state index in [4.69, 9.17) is 15.5 Å². The lowest BCUT2D eigenvalue weighted by molar-refractivity contribution is 0.320. The highest BCUT2D eigenvalue weighted by molar-refractivity contribution is 7.39. The fraction of sp³-hybridized carbons (Fsp3) is 0.889. The molecule has 0 aromatic rings. The van der Waals surface area contributed by atoms with Crippen molar-refractivity contribution in [1.29, 1.82) is 5.26 Å². The number of nitriles is 1. The number of unbranched alkanes of at least 4 members (excludes halogenated alkanes) is 1. The fourth-order valence-electron chi connectivity index (χ4n) is 0.933. The number of rotatable bonds is 8. The second kappa shape index (κ2) is 9.21. The van der Waals surface area contributed by atoms with Crippen molar-refractivity contribution < 1.29 is 9.09 Å². The van der Waals surface area contributed by atoms with Gasteiger partial charge in [0.25, 0.3) is 0 Å². The molecular formula is C9H19N2O2P. The van der Waals surface area contributed by atoms with Crippen LogP contribution in [0.1, 0.15) is 32.6 Å². The minimum absolute atomic E-state index is 0.430. The minimum atomic E-state index is -1.88. The van der Waals surface area contributed by atoms with Crippen molar-refractivity contribution in [2.24, 2.45) is 5.73 Å². The normalized spacial score (nSPS) is 14.6. The lowest BCUT2D eigenvalue weighted by Gasteiger charge is -2.04. The average Bonchev–Trinajstić information content (AvgIpc) is 2.18. The van der Waals surface area contributed by atoms with Gasteiger partial charge in [0.05, 0.1) is 18.7 Å². The van der Waals surface area contributed by atoms with E-state index in [-0.39, 0.29) is 0 Å². The Morgan fingerprint density at radius 2 is 2.29 bits per heavy atom. The number of nitrogens with zero attached hydrogens (tertiary/aromatic N) is 1. The molecule has 2 unspecified atom stereocenters. The Morgan fingerprint density at radius 1 is 1.57 bits per heavy atom. The van der Waals surface area contributed by atoms with E-state index in [0.717, 1.165) is 12.8 Å². The third kappa shape index (κ3) is 8.25. The first-order valence-corrected chi connectivity index (χ1v) is 6.54. The number of hydrogen-bond acceptors (Lipinski definition) is 4. The third-order valence-corrected chi connectivity index (χ3v) is 3.11. The van der Waals surface area contributed by atoms with Crippen molar-refractivity contribution in [3.63, 3.8) is 0 Å². The molecule has 82 valence electrons. The topological polar surface area (TPSA) is 76.1 Å². The predicted molar refractivity (Wildman–Crippen MR) is 57.6 cm³/mol. The van der Waals surface area contributed by atoms with Crippen LogP contribution < -0.4 is 5.73 Å². The quantitative estimate of drug-likeness (QED) is 0.498. The largest absolute Gasteiger partial charge is 0.330 e. The Labute approximate surface area is 86.3 Å². The first-order valence-electron chi connectivity index (χ1n) is 5.01. The molecule has 0 fully saturated rings. The van der Waals surface area contributed by atoms with E-state index in [9.17, 15) is 4.57 Å². The first kappa shape index (κ1) is 13.6. The second-order valence-electron chi connectivity index (χ2n) is 3.20. The highest BCUT2D eigenvalue weighted by Gasteiger charge is 2.03. The molecule has 0 aliphatic carbocycles. The highest BCUT2D eigenvalue weighted by Crippen LogP contribution is 2.24. The van der Waals surface area contributed by atoms with Crippen LogP contribution in [0.5, 0.6) is 0 Å². The van der Waals surface area contributed by atoms with Gasteiger partial charge in [-0.2, -0.15) is 5.26 Å². The fourth-order valence-corrected chi connectivity index (χ4v) is 1.94. The van der Waals surface area contributed by atoms with Gasteiger partial charge in [0.2, 0.25) is 0 Å². The van der Waals surface area contributed by atoms with Crippen molar-refractivity contribution in [3.05, 3.63) is 0 Å². The smallest absolute Gasteiger partial charge is 0.191 e. The lowest BCUT2D eigenvalue weighted by Crippen LogP contribution is -2.16. The zero-order chi connectivity index (χ0) is 10.8. The summed E-state index contributed by atoms with van der Waals surface area (Å²) in [5.41, 5.74) is 5.39. The van der Waals surface area contributed by atoms with Crippen molar-refractivity contribution in [1.82, 2.24) is 0 Å². The van der Waals surface area contributed by atoms with E-state index in [1.54, 1.807) is 0 Å². The summed E-state index contributed by atoms with van der Waals surface area (Å²) in [5, 5.41) is 8.40. The van der Waals surface area contributed by atoms with Crippen LogP contribution in [0.3, 0.4) is 0 Å². The molecule has 0 saturated carbocycles. The first-order chi connectivity index (χ1) is 6.70. The van der Waals surface area contributed by atoms with Crippen LogP contribution in [-0.4, -0.2) is 18.8 Å². The Balaban J connectivity index is 3.32. The van der Waals surface area contributed by atoms with Crippen LogP contribution in [-0.2, 0) is 9.09 Å². The Bertz CT molecular complexity index is 203. The van der Waals surface area contributed by atoms with Gasteiger partial charge in [-0.1, -0.05) is 13.3 Å². The monoisotopic (exact) mass is 218 g/mol. The molecular weight excluding hydrogens is 199 g/mol. The molecule has 0 bridgehead atoms. The molecule has 0 aromatic heterocycles. The lowest BCUT2D eigenvalue weighted by atomic mass is 10.2. The van der Waals surface area contributed by atoms with Crippen LogP contribution in [0.2, 0.25) is 0 Å². The predicted octanol–water partition coefficient (Wildman–Crippen LogP) is 1.91. The molecule has 2 N–H and O–H groups in total. The highest BCUT2D eigenvalue weighted by atomic mass is 31.1. The van der Waals surface area contributed by atoms with E-state index >= 15 is 0 Å². The van der Waals surface area contributed by atoms with Crippen LogP contribution >= 0.6 is 8.03 Å². The van der Waals surface area contributed by atoms with Crippen LogP contribution in [0, 0.1) is 11.3 Å². The second-order valence-corrected chi connectivity index (χ2v) is 4.73. The summed E-state index contributed by atoms with van der Waals surface area (Å²) in [6, 6.07) is 1.51. The van der Waals surface area contributed by atoms with Gasteiger partial charge in [-0.15, -0.1) is 0 Å². The molecule has 0 heterocycles. The van der Waals surface area contributed by atoms with E-state index in [1.807, 2.05) is 6.07 Å². The van der Waals surface area contributed by atoms with Gasteiger partial charge in [-0.3, -0.25) is 4.57 Å². The summed E-state index contributed by atoms with van der Waals surface area (Å²) < 4.78 is 16.3. The van der Waals surface area contributed by atoms with Crippen molar-refractivity contribution in [2.45, 2.75) is 38.6 Å². The van der Waals surface area contributed by atoms with E-state index in [1.165, 1.54) is 0 Å². The summed E-state index contributed by atoms with van der Waals surface area (Å²) in [5.74, 6) is 0. The molecule has 0 saturated heterocycles. The summed E-state index contributed by atoms with van der Waals surface area (Å²) in [6.45, 7) is 2.64. The van der Waals surface area contributed by atoms with Crippen LogP contribution in [0.25, 0.3) is 0 Å². The van der Waals surface area contributed by atoms with E-state index < -0.39 is 14.1 Å². The molecule has 0 radical (unpaired) electrons. The summed E-state index contributed by atoms with van der Waals surface area (Å²) >= 11 is 0. The van der Waals surface area contributed by atoms with Gasteiger partial charge in [-0.25, -0.2) is 0 Å². The summed E-state index contributed by atoms with van der Waals surface area (Å²) in [4.78, 5) is 0. The Hall–Kier alpha value is -0.360. The molecule has 0 spiro atoms. The number of hydrogen-bond donors (Lipinski definition) is 1. The SMILES string of the molecule is CCCCO[PH](=O)CCCC(N)C#N. The summed E-state index contributed by atoms with van der Waals surface area (Å²) in [7, 11) is -1.88. The summed E-state index contributed by atoms with van der Waals surface area (Å²) in [6.07, 6.45) is 3.86. The van der Waals surface area contributed by atoms with Gasteiger partial charge in [0.1, 0.15) is 0 Å². The third-order valence-electron chi connectivity index (χ3n) is 1.82. The number of nitrogens with two attached hydrogens (primary N) is 1. The molecule has 5 heteroatoms. The van der Waals surface area contributed by atoms with Crippen LogP contribution in [0.4, 0.5) is 0 Å². The van der Waals surface area contributed by atoms with Gasteiger partial charge < -0.3 is 10.3 Å². The van der Waals surface area contributed by atoms with Crippen LogP contribution in [0.15, 0.2) is 0 Å². The molecule has 14 heavy (non-hydrogen) atoms. The maximum absolute atomic E-state index is 11.2. The van der Waals surface area contributed by atoms with Crippen molar-refractivity contribution in [3.8, 4) is 6.07 Å². The van der Waals surface area contributed by atoms with Gasteiger partial charge in [-0.05, 0) is 19.3 Å². The molecule has 2 atom stereocenters. The molecule has 4 nitrogen and oxygen atoms in total. The van der Waals surface area contributed by atoms with Crippen molar-refractivity contribution >= 4 is 8.03 Å². The molecule has 0 rings (SSSR count). The zero-order valence-electron chi connectivity index (χ0n) is 8.66. The van der Waals surface area contributed by atoms with Gasteiger partial charge >= 0.3 is 0 Å². The zero-order valence-corrected chi connectivity index (χ0v) is 9.66. The molecule has 0 aromatic carbocycles. The van der Waals surface area contributed by atoms with Crippen molar-refractivity contribution in [2.75, 3.05) is 12.8 Å².